The molecule has 0 fully saturated rings. The van der Waals surface area contributed by atoms with Crippen molar-refractivity contribution in [2.45, 2.75) is 0 Å². The molecule has 0 spiro atoms. The molecular weight excluding hydrogens is 387 g/mol. The fourth-order valence-corrected chi connectivity index (χ4v) is 2.93. The van der Waals surface area contributed by atoms with Gasteiger partial charge in [0.15, 0.2) is 0 Å². The first kappa shape index (κ1) is 13.7. The lowest BCUT2D eigenvalue weighted by Gasteiger charge is -2.24. The van der Waals surface area contributed by atoms with Crippen LogP contribution in [0.4, 0.5) is 11.4 Å². The minimum atomic E-state index is -0.0185. The summed E-state index contributed by atoms with van der Waals surface area (Å²) in [7, 11) is 0. The Bertz CT molecular complexity index is 657. The number of carbonyl (C=O) groups excluding carboxylic acids is 1. The molecule has 0 unspecified atom stereocenters. The summed E-state index contributed by atoms with van der Waals surface area (Å²) in [5, 5.41) is 3.64. The maximum atomic E-state index is 12.1. The summed E-state index contributed by atoms with van der Waals surface area (Å²) in [6.07, 6.45) is 0. The smallest absolute Gasteiger partial charge is 0.253 e. The number of hydrogen-bond donors (Lipinski definition) is 1. The van der Waals surface area contributed by atoms with Gasteiger partial charge in [-0.3, -0.25) is 4.79 Å². The summed E-state index contributed by atoms with van der Waals surface area (Å²) in [5.74, 6) is -0.0185. The quantitative estimate of drug-likeness (QED) is 0.741. The molecule has 2 aromatic rings. The number of rotatable bonds is 1. The van der Waals surface area contributed by atoms with E-state index in [4.69, 9.17) is 11.6 Å². The molecule has 1 aliphatic rings. The second-order valence-corrected chi connectivity index (χ2v) is 6.23. The van der Waals surface area contributed by atoms with E-state index in [1.807, 2.05) is 42.5 Å². The van der Waals surface area contributed by atoms with Crippen LogP contribution in [0.1, 0.15) is 10.4 Å². The van der Waals surface area contributed by atoms with Gasteiger partial charge in [-0.1, -0.05) is 11.6 Å². The average molecular weight is 399 g/mol. The Labute approximate surface area is 136 Å². The van der Waals surface area contributed by atoms with Crippen LogP contribution in [0.5, 0.6) is 0 Å². The van der Waals surface area contributed by atoms with E-state index >= 15 is 0 Å². The first-order chi connectivity index (χ1) is 9.65. The Morgan fingerprint density at radius 3 is 2.65 bits per heavy atom. The maximum absolute atomic E-state index is 12.1. The normalized spacial score (nSPS) is 14.5. The van der Waals surface area contributed by atoms with Gasteiger partial charge in [-0.25, -0.2) is 0 Å². The van der Waals surface area contributed by atoms with Gasteiger partial charge < -0.3 is 10.2 Å². The molecule has 0 aliphatic carbocycles. The minimum Gasteiger partial charge on any atom is -0.350 e. The van der Waals surface area contributed by atoms with E-state index in [-0.39, 0.29) is 5.91 Å². The van der Waals surface area contributed by atoms with Crippen LogP contribution in [-0.2, 0) is 0 Å². The molecule has 0 saturated heterocycles. The predicted molar refractivity (Wildman–Crippen MR) is 90.0 cm³/mol. The number of nitrogens with zero attached hydrogens (tertiary/aromatic N) is 1. The Hall–Kier alpha value is -1.27. The number of carbonyl (C=O) groups is 1. The summed E-state index contributed by atoms with van der Waals surface area (Å²) in [4.78, 5) is 14.3. The number of hydrogen-bond acceptors (Lipinski definition) is 2. The van der Waals surface area contributed by atoms with Crippen LogP contribution >= 0.6 is 34.2 Å². The van der Waals surface area contributed by atoms with Crippen molar-refractivity contribution in [2.24, 2.45) is 0 Å². The van der Waals surface area contributed by atoms with Crippen molar-refractivity contribution < 1.29 is 4.79 Å². The van der Waals surface area contributed by atoms with Gasteiger partial charge >= 0.3 is 0 Å². The third-order valence-electron chi connectivity index (χ3n) is 3.25. The Morgan fingerprint density at radius 1 is 1.15 bits per heavy atom. The summed E-state index contributed by atoms with van der Waals surface area (Å²) in [5.41, 5.74) is 2.68. The molecule has 1 amide bonds. The number of fused-ring (bicyclic) bond motifs is 1. The van der Waals surface area contributed by atoms with Gasteiger partial charge in [-0.15, -0.1) is 0 Å². The predicted octanol–water partition coefficient (Wildman–Crippen LogP) is 3.83. The zero-order valence-corrected chi connectivity index (χ0v) is 13.5. The maximum Gasteiger partial charge on any atom is 0.253 e. The van der Waals surface area contributed by atoms with E-state index in [0.717, 1.165) is 21.5 Å². The summed E-state index contributed by atoms with van der Waals surface area (Å²) >= 11 is 8.16. The van der Waals surface area contributed by atoms with Crippen molar-refractivity contribution in [1.82, 2.24) is 5.32 Å². The average Bonchev–Trinajstić information content (AvgIpc) is 2.60. The largest absolute Gasteiger partial charge is 0.350 e. The first-order valence-electron chi connectivity index (χ1n) is 6.26. The molecule has 1 N–H and O–H groups in total. The molecule has 3 nitrogen and oxygen atoms in total. The fraction of sp³-hybridized carbons (Fsp3) is 0.133. The Balaban J connectivity index is 2.10. The van der Waals surface area contributed by atoms with Crippen molar-refractivity contribution in [3.8, 4) is 0 Å². The van der Waals surface area contributed by atoms with Gasteiger partial charge in [0.05, 0.1) is 11.3 Å². The minimum absolute atomic E-state index is 0.0185. The highest BCUT2D eigenvalue weighted by Gasteiger charge is 2.21. The highest BCUT2D eigenvalue weighted by Crippen LogP contribution is 2.31. The second-order valence-electron chi connectivity index (χ2n) is 4.55. The first-order valence-corrected chi connectivity index (χ1v) is 7.72. The van der Waals surface area contributed by atoms with Gasteiger partial charge in [0.25, 0.3) is 5.91 Å². The van der Waals surface area contributed by atoms with Crippen molar-refractivity contribution in [3.63, 3.8) is 0 Å². The number of anilines is 2. The standard InChI is InChI=1S/C15H12ClIN2O/c16-10-1-4-12(5-2-10)19-8-7-18-15(20)13-9-11(17)3-6-14(13)19/h1-6,9H,7-8H2,(H,18,20). The Kier molecular flexibility index (Phi) is 3.85. The van der Waals surface area contributed by atoms with E-state index in [2.05, 4.69) is 32.8 Å². The topological polar surface area (TPSA) is 32.3 Å². The van der Waals surface area contributed by atoms with Crippen molar-refractivity contribution in [2.75, 3.05) is 18.0 Å². The highest BCUT2D eigenvalue weighted by atomic mass is 127. The van der Waals surface area contributed by atoms with Gasteiger partial charge in [-0.2, -0.15) is 0 Å². The summed E-state index contributed by atoms with van der Waals surface area (Å²) < 4.78 is 1.05. The molecule has 0 radical (unpaired) electrons. The van der Waals surface area contributed by atoms with E-state index < -0.39 is 0 Å². The number of amides is 1. The SMILES string of the molecule is O=C1NCCN(c2ccc(Cl)cc2)c2ccc(I)cc21. The number of benzene rings is 2. The zero-order valence-electron chi connectivity index (χ0n) is 10.6. The molecule has 1 heterocycles. The van der Waals surface area contributed by atoms with E-state index in [1.54, 1.807) is 0 Å². The molecule has 102 valence electrons. The molecule has 0 atom stereocenters. The molecule has 1 aliphatic heterocycles. The molecule has 0 saturated carbocycles. The van der Waals surface area contributed by atoms with Gasteiger partial charge in [0.2, 0.25) is 0 Å². The number of nitrogens with one attached hydrogen (secondary N) is 1. The Morgan fingerprint density at radius 2 is 1.90 bits per heavy atom. The molecule has 3 rings (SSSR count). The highest BCUT2D eigenvalue weighted by molar-refractivity contribution is 14.1. The lowest BCUT2D eigenvalue weighted by molar-refractivity contribution is 0.0958. The zero-order chi connectivity index (χ0) is 14.1. The van der Waals surface area contributed by atoms with Crippen LogP contribution in [-0.4, -0.2) is 19.0 Å². The van der Waals surface area contributed by atoms with Crippen molar-refractivity contribution >= 4 is 51.5 Å². The molecule has 0 aromatic heterocycles. The van der Waals surface area contributed by atoms with Gasteiger partial charge in [0.1, 0.15) is 0 Å². The van der Waals surface area contributed by atoms with Crippen LogP contribution in [0.3, 0.4) is 0 Å². The van der Waals surface area contributed by atoms with Crippen LogP contribution in [0.15, 0.2) is 42.5 Å². The molecule has 20 heavy (non-hydrogen) atoms. The summed E-state index contributed by atoms with van der Waals surface area (Å²) in [6.45, 7) is 1.35. The third-order valence-corrected chi connectivity index (χ3v) is 4.18. The summed E-state index contributed by atoms with van der Waals surface area (Å²) in [6, 6.07) is 13.6. The van der Waals surface area contributed by atoms with Gasteiger partial charge in [-0.05, 0) is 65.1 Å². The third kappa shape index (κ3) is 2.62. The van der Waals surface area contributed by atoms with Crippen LogP contribution in [0.25, 0.3) is 0 Å². The van der Waals surface area contributed by atoms with Gasteiger partial charge in [0, 0.05) is 27.4 Å². The second kappa shape index (κ2) is 5.61. The molecular formula is C15H12ClIN2O. The van der Waals surface area contributed by atoms with E-state index in [1.165, 1.54) is 0 Å². The van der Waals surface area contributed by atoms with Crippen LogP contribution < -0.4 is 10.2 Å². The van der Waals surface area contributed by atoms with Crippen LogP contribution in [0.2, 0.25) is 5.02 Å². The molecule has 5 heteroatoms. The van der Waals surface area contributed by atoms with E-state index in [9.17, 15) is 4.79 Å². The molecule has 2 aromatic carbocycles. The molecule has 0 bridgehead atoms. The van der Waals surface area contributed by atoms with Crippen LogP contribution in [0, 0.1) is 3.57 Å². The monoisotopic (exact) mass is 398 g/mol. The van der Waals surface area contributed by atoms with E-state index in [0.29, 0.717) is 17.1 Å². The fourth-order valence-electron chi connectivity index (χ4n) is 2.31. The lowest BCUT2D eigenvalue weighted by atomic mass is 10.1. The van der Waals surface area contributed by atoms with Crippen molar-refractivity contribution in [3.05, 3.63) is 56.6 Å². The lowest BCUT2D eigenvalue weighted by Crippen LogP contribution is -2.27. The number of halogens is 2. The van der Waals surface area contributed by atoms with Crippen molar-refractivity contribution in [1.29, 1.82) is 0 Å².